The van der Waals surface area contributed by atoms with E-state index in [1.165, 1.54) is 29.5 Å². The van der Waals surface area contributed by atoms with E-state index in [2.05, 4.69) is 15.6 Å². The van der Waals surface area contributed by atoms with Gasteiger partial charge in [0.25, 0.3) is 11.6 Å². The third kappa shape index (κ3) is 4.30. The highest BCUT2D eigenvalue weighted by molar-refractivity contribution is 7.80. The van der Waals surface area contributed by atoms with Crippen molar-refractivity contribution in [2.45, 2.75) is 0 Å². The van der Waals surface area contributed by atoms with Gasteiger partial charge < -0.3 is 9.73 Å². The fraction of sp³-hybridized carbons (Fsp3) is 0. The van der Waals surface area contributed by atoms with Gasteiger partial charge in [-0.05, 0) is 42.5 Å². The smallest absolute Gasteiger partial charge is 0.293 e. The van der Waals surface area contributed by atoms with E-state index in [0.29, 0.717) is 21.5 Å². The summed E-state index contributed by atoms with van der Waals surface area (Å²) in [5.74, 6) is -0.226. The number of carbonyl (C=O) groups excluding carboxylic acids is 1. The molecule has 0 aliphatic carbocycles. The zero-order chi connectivity index (χ0) is 21.3. The summed E-state index contributed by atoms with van der Waals surface area (Å²) in [5.41, 5.74) is 1.17. The molecular weight excluding hydrogens is 448 g/mol. The Morgan fingerprint density at radius 2 is 2.03 bits per heavy atom. The molecule has 2 aromatic heterocycles. The predicted molar refractivity (Wildman–Crippen MR) is 119 cm³/mol. The first kappa shape index (κ1) is 20.0. The maximum Gasteiger partial charge on any atom is 0.293 e. The van der Waals surface area contributed by atoms with Crippen LogP contribution in [-0.2, 0) is 0 Å². The molecule has 2 heterocycles. The molecule has 0 unspecified atom stereocenters. The Morgan fingerprint density at radius 1 is 1.20 bits per heavy atom. The Morgan fingerprint density at radius 3 is 2.83 bits per heavy atom. The van der Waals surface area contributed by atoms with Crippen LogP contribution in [0.2, 0.25) is 5.02 Å². The first-order valence-corrected chi connectivity index (χ1v) is 10.0. The van der Waals surface area contributed by atoms with Crippen molar-refractivity contribution >= 4 is 67.2 Å². The quantitative estimate of drug-likeness (QED) is 0.244. The van der Waals surface area contributed by atoms with Gasteiger partial charge in [-0.25, -0.2) is 4.98 Å². The number of nitrogens with one attached hydrogen (secondary N) is 2. The molecule has 0 atom stereocenters. The summed E-state index contributed by atoms with van der Waals surface area (Å²) in [4.78, 5) is 27.2. The zero-order valence-electron chi connectivity index (χ0n) is 14.9. The molecule has 0 aliphatic rings. The zero-order valence-corrected chi connectivity index (χ0v) is 17.3. The second-order valence-electron chi connectivity index (χ2n) is 6.01. The monoisotopic (exact) mass is 458 g/mol. The number of rotatable bonds is 4. The van der Waals surface area contributed by atoms with Crippen molar-refractivity contribution in [2.24, 2.45) is 0 Å². The number of halogens is 1. The standard InChI is InChI=1S/C19H11ClN4O4S2/c20-11-4-5-13-16(9-11)30-19(21-13)23-18(29)22-17(25)15-7-6-14(28-15)10-2-1-3-12(8-10)24(26)27/h1-9H,(H2,21,22,23,25,29). The molecule has 8 nitrogen and oxygen atoms in total. The van der Waals surface area contributed by atoms with Crippen LogP contribution in [-0.4, -0.2) is 20.9 Å². The van der Waals surface area contributed by atoms with Gasteiger partial charge in [0, 0.05) is 22.7 Å². The van der Waals surface area contributed by atoms with Crippen LogP contribution in [0.15, 0.2) is 59.0 Å². The molecule has 0 spiro atoms. The number of carbonyl (C=O) groups is 1. The number of amides is 1. The van der Waals surface area contributed by atoms with Crippen LogP contribution in [0, 0.1) is 10.1 Å². The van der Waals surface area contributed by atoms with Crippen LogP contribution in [0.25, 0.3) is 21.5 Å². The minimum atomic E-state index is -0.562. The van der Waals surface area contributed by atoms with Crippen molar-refractivity contribution < 1.29 is 14.1 Å². The van der Waals surface area contributed by atoms with Gasteiger partial charge in [0.1, 0.15) is 5.76 Å². The minimum absolute atomic E-state index is 0.0109. The summed E-state index contributed by atoms with van der Waals surface area (Å²) in [6.45, 7) is 0. The number of fused-ring (bicyclic) bond motifs is 1. The molecule has 2 N–H and O–H groups in total. The Labute approximate surface area is 183 Å². The molecule has 0 radical (unpaired) electrons. The predicted octanol–water partition coefficient (Wildman–Crippen LogP) is 5.24. The molecule has 30 heavy (non-hydrogen) atoms. The Kier molecular flexibility index (Phi) is 5.44. The fourth-order valence-corrected chi connectivity index (χ4v) is 4.03. The van der Waals surface area contributed by atoms with Crippen LogP contribution in [0.1, 0.15) is 10.6 Å². The van der Waals surface area contributed by atoms with Crippen LogP contribution >= 0.6 is 35.2 Å². The van der Waals surface area contributed by atoms with E-state index >= 15 is 0 Å². The fourth-order valence-electron chi connectivity index (χ4n) is 2.63. The summed E-state index contributed by atoms with van der Waals surface area (Å²) < 4.78 is 6.41. The summed E-state index contributed by atoms with van der Waals surface area (Å²) >= 11 is 12.5. The van der Waals surface area contributed by atoms with Gasteiger partial charge >= 0.3 is 0 Å². The number of thiocarbonyl (C=S) groups is 1. The van der Waals surface area contributed by atoms with Gasteiger partial charge in [-0.15, -0.1) is 0 Å². The van der Waals surface area contributed by atoms with Crippen LogP contribution in [0.5, 0.6) is 0 Å². The van der Waals surface area contributed by atoms with Crippen molar-refractivity contribution in [1.29, 1.82) is 0 Å². The maximum atomic E-state index is 12.4. The molecule has 0 bridgehead atoms. The highest BCUT2D eigenvalue weighted by Crippen LogP contribution is 2.28. The van der Waals surface area contributed by atoms with Crippen molar-refractivity contribution in [2.75, 3.05) is 5.32 Å². The molecule has 0 aliphatic heterocycles. The second kappa shape index (κ2) is 8.19. The molecule has 0 fully saturated rings. The van der Waals surface area contributed by atoms with E-state index in [9.17, 15) is 14.9 Å². The Balaban J connectivity index is 1.44. The van der Waals surface area contributed by atoms with E-state index in [4.69, 9.17) is 28.2 Å². The number of aromatic nitrogens is 1. The van der Waals surface area contributed by atoms with Gasteiger partial charge in [-0.1, -0.05) is 35.1 Å². The topological polar surface area (TPSA) is 110 Å². The lowest BCUT2D eigenvalue weighted by atomic mass is 10.1. The van der Waals surface area contributed by atoms with E-state index in [1.54, 1.807) is 36.4 Å². The molecule has 11 heteroatoms. The van der Waals surface area contributed by atoms with Gasteiger partial charge in [0.2, 0.25) is 0 Å². The van der Waals surface area contributed by atoms with Crippen molar-refractivity contribution in [3.05, 3.63) is 75.5 Å². The van der Waals surface area contributed by atoms with E-state index < -0.39 is 10.8 Å². The molecule has 2 aromatic carbocycles. The highest BCUT2D eigenvalue weighted by atomic mass is 35.5. The number of anilines is 1. The molecule has 4 rings (SSSR count). The molecular formula is C19H11ClN4O4S2. The number of furan rings is 1. The molecule has 4 aromatic rings. The van der Waals surface area contributed by atoms with Crippen LogP contribution in [0.4, 0.5) is 10.8 Å². The van der Waals surface area contributed by atoms with Gasteiger partial charge in [0.05, 0.1) is 15.1 Å². The van der Waals surface area contributed by atoms with Crippen molar-refractivity contribution in [3.63, 3.8) is 0 Å². The van der Waals surface area contributed by atoms with Gasteiger partial charge in [-0.2, -0.15) is 0 Å². The first-order chi connectivity index (χ1) is 14.4. The normalized spacial score (nSPS) is 10.7. The summed E-state index contributed by atoms with van der Waals surface area (Å²) in [5, 5.41) is 17.5. The van der Waals surface area contributed by atoms with Crippen LogP contribution in [0.3, 0.4) is 0 Å². The third-order valence-corrected chi connectivity index (χ3v) is 5.34. The second-order valence-corrected chi connectivity index (χ2v) is 7.89. The Bertz CT molecular complexity index is 1300. The third-order valence-electron chi connectivity index (χ3n) is 3.97. The number of hydrogen-bond acceptors (Lipinski definition) is 7. The molecule has 0 saturated heterocycles. The average molecular weight is 459 g/mol. The molecule has 1 amide bonds. The minimum Gasteiger partial charge on any atom is -0.451 e. The lowest BCUT2D eigenvalue weighted by Gasteiger charge is -2.05. The average Bonchev–Trinajstić information content (AvgIpc) is 3.34. The maximum absolute atomic E-state index is 12.4. The number of nitro benzene ring substituents is 1. The SMILES string of the molecule is O=C(NC(=S)Nc1nc2ccc(Cl)cc2s1)c1ccc(-c2cccc([N+](=O)[O-])c2)o1. The van der Waals surface area contributed by atoms with Crippen LogP contribution < -0.4 is 10.6 Å². The highest BCUT2D eigenvalue weighted by Gasteiger charge is 2.16. The number of benzene rings is 2. The summed E-state index contributed by atoms with van der Waals surface area (Å²) in [6.07, 6.45) is 0. The van der Waals surface area contributed by atoms with Gasteiger partial charge in [0.15, 0.2) is 16.0 Å². The van der Waals surface area contributed by atoms with Crippen molar-refractivity contribution in [1.82, 2.24) is 10.3 Å². The van der Waals surface area contributed by atoms with E-state index in [1.807, 2.05) is 0 Å². The van der Waals surface area contributed by atoms with E-state index in [-0.39, 0.29) is 16.6 Å². The first-order valence-electron chi connectivity index (χ1n) is 8.42. The number of nitrogens with zero attached hydrogens (tertiary/aromatic N) is 2. The van der Waals surface area contributed by atoms with Gasteiger partial charge in [-0.3, -0.25) is 20.2 Å². The molecule has 0 saturated carbocycles. The lowest BCUT2D eigenvalue weighted by molar-refractivity contribution is -0.384. The van der Waals surface area contributed by atoms with E-state index in [0.717, 1.165) is 10.2 Å². The lowest BCUT2D eigenvalue weighted by Crippen LogP contribution is -2.33. The number of non-ortho nitro benzene ring substituents is 1. The summed E-state index contributed by atoms with van der Waals surface area (Å²) in [6, 6.07) is 14.3. The van der Waals surface area contributed by atoms with Crippen molar-refractivity contribution in [3.8, 4) is 11.3 Å². The number of hydrogen-bond donors (Lipinski definition) is 2. The Hall–Kier alpha value is -3.34. The largest absolute Gasteiger partial charge is 0.451 e. The number of nitro groups is 1. The molecule has 150 valence electrons. The number of thiazole rings is 1. The summed E-state index contributed by atoms with van der Waals surface area (Å²) in [7, 11) is 0.